The van der Waals surface area contributed by atoms with E-state index in [4.69, 9.17) is 9.47 Å². The molecular weight excluding hydrogens is 480 g/mol. The van der Waals surface area contributed by atoms with E-state index < -0.39 is 24.1 Å². The fourth-order valence-electron chi connectivity index (χ4n) is 4.07. The van der Waals surface area contributed by atoms with Crippen LogP contribution < -0.4 is 15.4 Å². The van der Waals surface area contributed by atoms with Crippen molar-refractivity contribution in [2.45, 2.75) is 51.8 Å². The Morgan fingerprint density at radius 1 is 0.868 bits per heavy atom. The minimum Gasteiger partial charge on any atom is -0.496 e. The van der Waals surface area contributed by atoms with Crippen LogP contribution in [0.5, 0.6) is 5.75 Å². The van der Waals surface area contributed by atoms with Gasteiger partial charge in [0.05, 0.1) is 13.2 Å². The Morgan fingerprint density at radius 2 is 1.53 bits per heavy atom. The van der Waals surface area contributed by atoms with Crippen LogP contribution >= 0.6 is 0 Å². The first-order chi connectivity index (χ1) is 18.4. The number of benzene rings is 3. The number of amides is 2. The van der Waals surface area contributed by atoms with Gasteiger partial charge in [-0.15, -0.1) is 0 Å². The summed E-state index contributed by atoms with van der Waals surface area (Å²) in [6.45, 7) is 4.01. The van der Waals surface area contributed by atoms with Gasteiger partial charge in [0.15, 0.2) is 5.78 Å². The molecule has 0 spiro atoms. The van der Waals surface area contributed by atoms with Gasteiger partial charge < -0.3 is 20.1 Å². The van der Waals surface area contributed by atoms with Gasteiger partial charge in [-0.05, 0) is 42.0 Å². The Kier molecular flexibility index (Phi) is 10.9. The average molecular weight is 516 g/mol. The van der Waals surface area contributed by atoms with Crippen molar-refractivity contribution in [2.24, 2.45) is 5.92 Å². The van der Waals surface area contributed by atoms with Crippen LogP contribution in [0.15, 0.2) is 78.9 Å². The highest BCUT2D eigenvalue weighted by Crippen LogP contribution is 2.19. The summed E-state index contributed by atoms with van der Waals surface area (Å²) in [4.78, 5) is 39.4. The van der Waals surface area contributed by atoms with E-state index in [9.17, 15) is 14.4 Å². The predicted molar refractivity (Wildman–Crippen MR) is 146 cm³/mol. The van der Waals surface area contributed by atoms with Crippen molar-refractivity contribution in [3.8, 4) is 5.75 Å². The first-order valence-electron chi connectivity index (χ1n) is 12.7. The fraction of sp³-hybridized carbons (Fsp3) is 0.323. The van der Waals surface area contributed by atoms with Crippen LogP contribution in [0, 0.1) is 12.0 Å². The third-order valence-corrected chi connectivity index (χ3v) is 6.01. The van der Waals surface area contributed by atoms with Crippen molar-refractivity contribution < 1.29 is 23.9 Å². The Hall–Kier alpha value is -4.13. The Bertz CT molecular complexity index is 1180. The van der Waals surface area contributed by atoms with Crippen molar-refractivity contribution in [2.75, 3.05) is 7.11 Å². The highest BCUT2D eigenvalue weighted by Gasteiger charge is 2.28. The average Bonchev–Trinajstić information content (AvgIpc) is 2.92. The number of hydrogen-bond donors (Lipinski definition) is 2. The number of rotatable bonds is 13. The lowest BCUT2D eigenvalue weighted by Gasteiger charge is -2.24. The number of ketones is 1. The molecule has 7 heteroatoms. The van der Waals surface area contributed by atoms with Gasteiger partial charge >= 0.3 is 6.09 Å². The summed E-state index contributed by atoms with van der Waals surface area (Å²) >= 11 is 0. The molecule has 1 radical (unpaired) electrons. The van der Waals surface area contributed by atoms with Crippen molar-refractivity contribution in [3.63, 3.8) is 0 Å². The van der Waals surface area contributed by atoms with Crippen LogP contribution in [0.4, 0.5) is 4.79 Å². The molecule has 7 nitrogen and oxygen atoms in total. The Labute approximate surface area is 224 Å². The molecule has 0 aliphatic heterocycles. The molecule has 0 fully saturated rings. The van der Waals surface area contributed by atoms with Gasteiger partial charge in [-0.2, -0.15) is 0 Å². The number of hydrogen-bond acceptors (Lipinski definition) is 5. The van der Waals surface area contributed by atoms with Crippen LogP contribution in [0.1, 0.15) is 37.0 Å². The van der Waals surface area contributed by atoms with Crippen molar-refractivity contribution in [1.82, 2.24) is 10.6 Å². The van der Waals surface area contributed by atoms with Gasteiger partial charge in [0.1, 0.15) is 18.4 Å². The SMILES string of the molecule is COc1c[c]ccc1CC(=O)[C@H](Cc1ccccc1)NC(=O)[C@H](CC(C)C)NC(=O)OCc1ccccc1. The second kappa shape index (κ2) is 14.6. The molecular formula is C31H35N2O5. The second-order valence-electron chi connectivity index (χ2n) is 9.52. The summed E-state index contributed by atoms with van der Waals surface area (Å²) < 4.78 is 10.7. The lowest BCUT2D eigenvalue weighted by molar-refractivity contribution is -0.129. The van der Waals surface area contributed by atoms with Gasteiger partial charge in [-0.25, -0.2) is 4.79 Å². The maximum absolute atomic E-state index is 13.5. The third kappa shape index (κ3) is 9.07. The molecule has 3 rings (SSSR count). The fourth-order valence-corrected chi connectivity index (χ4v) is 4.07. The smallest absolute Gasteiger partial charge is 0.408 e. The van der Waals surface area contributed by atoms with Gasteiger partial charge in [-0.1, -0.05) is 86.6 Å². The van der Waals surface area contributed by atoms with E-state index in [1.807, 2.05) is 74.5 Å². The molecule has 2 N–H and O–H groups in total. The Morgan fingerprint density at radius 3 is 2.16 bits per heavy atom. The standard InChI is InChI=1S/C31H35N2O5/c1-22(2)18-27(33-31(36)38-21-24-14-8-5-9-15-24)30(35)32-26(19-23-12-6-4-7-13-23)28(34)20-25-16-10-11-17-29(25)37-3/h4-10,12-17,22,26-27H,18-21H2,1-3H3,(H,32,35)(H,33,36)/t26-,27-/m0/s1. The molecule has 3 aromatic rings. The van der Waals surface area contributed by atoms with Gasteiger partial charge in [0, 0.05) is 12.0 Å². The molecule has 0 saturated heterocycles. The number of alkyl carbamates (subject to hydrolysis) is 1. The molecule has 0 aromatic heterocycles. The van der Waals surface area contributed by atoms with Crippen LogP contribution in [0.2, 0.25) is 0 Å². The normalized spacial score (nSPS) is 12.3. The summed E-state index contributed by atoms with van der Waals surface area (Å²) in [5, 5.41) is 5.59. The van der Waals surface area contributed by atoms with E-state index in [0.717, 1.165) is 11.1 Å². The molecule has 3 aromatic carbocycles. The van der Waals surface area contributed by atoms with Crippen LogP contribution in [0.3, 0.4) is 0 Å². The number of carbonyl (C=O) groups is 3. The number of methoxy groups -OCH3 is 1. The lowest BCUT2D eigenvalue weighted by atomic mass is 9.96. The van der Waals surface area contributed by atoms with Gasteiger partial charge in [0.2, 0.25) is 5.91 Å². The van der Waals surface area contributed by atoms with E-state index in [2.05, 4.69) is 16.7 Å². The van der Waals surface area contributed by atoms with E-state index in [0.29, 0.717) is 24.2 Å². The highest BCUT2D eigenvalue weighted by molar-refractivity contribution is 5.93. The number of ether oxygens (including phenoxy) is 2. The minimum absolute atomic E-state index is 0.0804. The quantitative estimate of drug-likeness (QED) is 0.345. The Balaban J connectivity index is 1.73. The van der Waals surface area contributed by atoms with Crippen molar-refractivity contribution in [1.29, 1.82) is 0 Å². The third-order valence-electron chi connectivity index (χ3n) is 6.01. The molecule has 2 amide bonds. The monoisotopic (exact) mass is 515 g/mol. The van der Waals surface area contributed by atoms with E-state index in [1.54, 1.807) is 25.3 Å². The number of nitrogens with one attached hydrogen (secondary N) is 2. The summed E-state index contributed by atoms with van der Waals surface area (Å²) in [7, 11) is 1.54. The van der Waals surface area contributed by atoms with Crippen LogP contribution in [-0.4, -0.2) is 37.0 Å². The largest absolute Gasteiger partial charge is 0.496 e. The topological polar surface area (TPSA) is 93.7 Å². The van der Waals surface area contributed by atoms with Crippen LogP contribution in [-0.2, 0) is 33.8 Å². The summed E-state index contributed by atoms with van der Waals surface area (Å²) in [6, 6.07) is 25.3. The first kappa shape index (κ1) is 28.4. The molecule has 0 aliphatic rings. The summed E-state index contributed by atoms with van der Waals surface area (Å²) in [6.07, 6.45) is 0.100. The molecule has 38 heavy (non-hydrogen) atoms. The molecule has 0 aliphatic carbocycles. The molecule has 0 bridgehead atoms. The number of Topliss-reactive ketones (excluding diaryl/α,β-unsaturated/α-hetero) is 1. The minimum atomic E-state index is -0.856. The lowest BCUT2D eigenvalue weighted by Crippen LogP contribution is -2.53. The maximum atomic E-state index is 13.5. The zero-order valence-corrected chi connectivity index (χ0v) is 22.1. The van der Waals surface area contributed by atoms with Gasteiger partial charge in [0.25, 0.3) is 0 Å². The van der Waals surface area contributed by atoms with Crippen LogP contribution in [0.25, 0.3) is 0 Å². The molecule has 0 saturated carbocycles. The van der Waals surface area contributed by atoms with Crippen molar-refractivity contribution in [3.05, 3.63) is 102 Å². The van der Waals surface area contributed by atoms with E-state index in [1.165, 1.54) is 0 Å². The highest BCUT2D eigenvalue weighted by atomic mass is 16.5. The van der Waals surface area contributed by atoms with E-state index in [-0.39, 0.29) is 24.7 Å². The summed E-state index contributed by atoms with van der Waals surface area (Å²) in [5.41, 5.74) is 2.47. The molecule has 199 valence electrons. The molecule has 0 unspecified atom stereocenters. The first-order valence-corrected chi connectivity index (χ1v) is 12.7. The molecule has 2 atom stereocenters. The number of carbonyl (C=O) groups excluding carboxylic acids is 3. The van der Waals surface area contributed by atoms with E-state index >= 15 is 0 Å². The zero-order chi connectivity index (χ0) is 27.3. The maximum Gasteiger partial charge on any atom is 0.408 e. The summed E-state index contributed by atoms with van der Waals surface area (Å²) in [5.74, 6) is 0.0825. The zero-order valence-electron chi connectivity index (χ0n) is 22.1. The molecule has 0 heterocycles. The second-order valence-corrected chi connectivity index (χ2v) is 9.52. The van der Waals surface area contributed by atoms with Crippen molar-refractivity contribution >= 4 is 17.8 Å². The van der Waals surface area contributed by atoms with Gasteiger partial charge in [-0.3, -0.25) is 9.59 Å². The predicted octanol–water partition coefficient (Wildman–Crippen LogP) is 4.68.